The van der Waals surface area contributed by atoms with Gasteiger partial charge in [0.15, 0.2) is 5.79 Å². The standard InChI is InChI=1S/C17H25FN2O3S/c1-21-8-2-5-19-24-16-12-14(18)11-15(13-16)20-6-3-17(4-7-20)22-9-10-23-17/h11-13,19H,2-10H2,1H3. The van der Waals surface area contributed by atoms with Gasteiger partial charge in [-0.1, -0.05) is 0 Å². The van der Waals surface area contributed by atoms with Gasteiger partial charge in [0.1, 0.15) is 5.82 Å². The van der Waals surface area contributed by atoms with Crippen molar-refractivity contribution in [3.05, 3.63) is 24.0 Å². The fourth-order valence-electron chi connectivity index (χ4n) is 3.10. The number of benzene rings is 1. The summed E-state index contributed by atoms with van der Waals surface area (Å²) in [5.74, 6) is -0.605. The summed E-state index contributed by atoms with van der Waals surface area (Å²) in [6.45, 7) is 4.53. The molecule has 24 heavy (non-hydrogen) atoms. The van der Waals surface area contributed by atoms with E-state index in [9.17, 15) is 4.39 Å². The van der Waals surface area contributed by atoms with Gasteiger partial charge in [-0.2, -0.15) is 0 Å². The van der Waals surface area contributed by atoms with Gasteiger partial charge < -0.3 is 19.1 Å². The molecule has 0 bridgehead atoms. The highest BCUT2D eigenvalue weighted by molar-refractivity contribution is 7.97. The maximum Gasteiger partial charge on any atom is 0.171 e. The van der Waals surface area contributed by atoms with Crippen molar-refractivity contribution in [2.24, 2.45) is 0 Å². The second-order valence-electron chi connectivity index (χ2n) is 6.08. The van der Waals surface area contributed by atoms with Crippen molar-refractivity contribution >= 4 is 17.6 Å². The molecule has 0 amide bonds. The third-order valence-electron chi connectivity index (χ3n) is 4.38. The Morgan fingerprint density at radius 3 is 2.71 bits per heavy atom. The Hall–Kier alpha value is -0.860. The third kappa shape index (κ3) is 4.61. The van der Waals surface area contributed by atoms with E-state index in [1.54, 1.807) is 19.2 Å². The monoisotopic (exact) mass is 356 g/mol. The molecule has 0 aliphatic carbocycles. The Kier molecular flexibility index (Phi) is 6.35. The molecule has 0 atom stereocenters. The molecule has 1 N–H and O–H groups in total. The zero-order valence-electron chi connectivity index (χ0n) is 14.1. The summed E-state index contributed by atoms with van der Waals surface area (Å²) >= 11 is 1.46. The van der Waals surface area contributed by atoms with Gasteiger partial charge in [-0.3, -0.25) is 4.72 Å². The summed E-state index contributed by atoms with van der Waals surface area (Å²) in [6.07, 6.45) is 2.57. The van der Waals surface area contributed by atoms with Crippen LogP contribution >= 0.6 is 11.9 Å². The van der Waals surface area contributed by atoms with Crippen molar-refractivity contribution < 1.29 is 18.6 Å². The van der Waals surface area contributed by atoms with Crippen LogP contribution in [-0.4, -0.2) is 52.4 Å². The molecule has 134 valence electrons. The van der Waals surface area contributed by atoms with E-state index >= 15 is 0 Å². The van der Waals surface area contributed by atoms with Gasteiger partial charge in [-0.15, -0.1) is 0 Å². The predicted octanol–water partition coefficient (Wildman–Crippen LogP) is 2.80. The minimum absolute atomic E-state index is 0.206. The number of rotatable bonds is 7. The van der Waals surface area contributed by atoms with Crippen LogP contribution in [0.4, 0.5) is 10.1 Å². The van der Waals surface area contributed by atoms with Crippen molar-refractivity contribution in [2.75, 3.05) is 51.5 Å². The van der Waals surface area contributed by atoms with E-state index in [0.29, 0.717) is 13.2 Å². The average molecular weight is 356 g/mol. The Morgan fingerprint density at radius 1 is 1.25 bits per heavy atom. The van der Waals surface area contributed by atoms with Crippen molar-refractivity contribution in [3.8, 4) is 0 Å². The lowest BCUT2D eigenvalue weighted by Crippen LogP contribution is -2.45. The largest absolute Gasteiger partial charge is 0.385 e. The Labute approximate surface area is 147 Å². The number of piperidine rings is 1. The molecule has 0 saturated carbocycles. The van der Waals surface area contributed by atoms with Crippen LogP contribution in [0.1, 0.15) is 19.3 Å². The fourth-order valence-corrected chi connectivity index (χ4v) is 3.87. The van der Waals surface area contributed by atoms with Crippen molar-refractivity contribution in [1.29, 1.82) is 0 Å². The summed E-state index contributed by atoms with van der Waals surface area (Å²) in [4.78, 5) is 3.09. The summed E-state index contributed by atoms with van der Waals surface area (Å²) < 4.78 is 33.7. The quantitative estimate of drug-likeness (QED) is 0.599. The lowest BCUT2D eigenvalue weighted by Gasteiger charge is -2.38. The summed E-state index contributed by atoms with van der Waals surface area (Å²) in [5, 5.41) is 0. The number of nitrogens with one attached hydrogen (secondary N) is 1. The number of hydrogen-bond acceptors (Lipinski definition) is 6. The highest BCUT2D eigenvalue weighted by Gasteiger charge is 2.39. The van der Waals surface area contributed by atoms with Crippen LogP contribution in [0.25, 0.3) is 0 Å². The predicted molar refractivity (Wildman–Crippen MR) is 92.8 cm³/mol. The van der Waals surface area contributed by atoms with Gasteiger partial charge in [-0.25, -0.2) is 4.39 Å². The second-order valence-corrected chi connectivity index (χ2v) is 7.05. The molecule has 3 rings (SSSR count). The number of methoxy groups -OCH3 is 1. The lowest BCUT2D eigenvalue weighted by atomic mass is 10.0. The normalized spacial score (nSPS) is 20.0. The second kappa shape index (κ2) is 8.49. The van der Waals surface area contributed by atoms with E-state index < -0.39 is 5.79 Å². The van der Waals surface area contributed by atoms with Crippen LogP contribution in [-0.2, 0) is 14.2 Å². The first-order valence-electron chi connectivity index (χ1n) is 8.43. The van der Waals surface area contributed by atoms with Gasteiger partial charge in [0.25, 0.3) is 0 Å². The van der Waals surface area contributed by atoms with Crippen LogP contribution in [0.15, 0.2) is 23.1 Å². The van der Waals surface area contributed by atoms with Gasteiger partial charge in [-0.05, 0) is 36.6 Å². The Bertz CT molecular complexity index is 531. The molecule has 0 aromatic heterocycles. The Balaban J connectivity index is 1.55. The fraction of sp³-hybridized carbons (Fsp3) is 0.647. The van der Waals surface area contributed by atoms with Gasteiger partial charge >= 0.3 is 0 Å². The van der Waals surface area contributed by atoms with Crippen LogP contribution < -0.4 is 9.62 Å². The summed E-state index contributed by atoms with van der Waals surface area (Å²) in [7, 11) is 1.69. The molecule has 1 spiro atoms. The summed E-state index contributed by atoms with van der Waals surface area (Å²) in [6, 6.07) is 5.20. The topological polar surface area (TPSA) is 43.0 Å². The van der Waals surface area contributed by atoms with Crippen LogP contribution in [0.3, 0.4) is 0 Å². The first-order valence-corrected chi connectivity index (χ1v) is 9.25. The van der Waals surface area contributed by atoms with Gasteiger partial charge in [0.2, 0.25) is 0 Å². The molecule has 0 unspecified atom stereocenters. The molecule has 1 aromatic carbocycles. The van der Waals surface area contributed by atoms with Gasteiger partial charge in [0.05, 0.1) is 13.2 Å². The van der Waals surface area contributed by atoms with Crippen LogP contribution in [0, 0.1) is 5.82 Å². The first-order chi connectivity index (χ1) is 11.7. The lowest BCUT2D eigenvalue weighted by molar-refractivity contribution is -0.169. The first kappa shape index (κ1) is 17.9. The van der Waals surface area contributed by atoms with Crippen LogP contribution in [0.5, 0.6) is 0 Å². The molecule has 7 heteroatoms. The molecule has 2 heterocycles. The molecule has 2 aliphatic heterocycles. The van der Waals surface area contributed by atoms with E-state index in [4.69, 9.17) is 14.2 Å². The zero-order valence-corrected chi connectivity index (χ0v) is 14.9. The highest BCUT2D eigenvalue weighted by Crippen LogP contribution is 2.34. The highest BCUT2D eigenvalue weighted by atomic mass is 32.2. The number of ether oxygens (including phenoxy) is 3. The average Bonchev–Trinajstić information content (AvgIpc) is 3.03. The number of anilines is 1. The maximum absolute atomic E-state index is 14.0. The van der Waals surface area contributed by atoms with E-state index in [-0.39, 0.29) is 5.82 Å². The molecular formula is C17H25FN2O3S. The molecule has 2 fully saturated rings. The summed E-state index contributed by atoms with van der Waals surface area (Å²) in [5.41, 5.74) is 0.920. The number of hydrogen-bond donors (Lipinski definition) is 1. The van der Waals surface area contributed by atoms with Crippen molar-refractivity contribution in [2.45, 2.75) is 29.9 Å². The third-order valence-corrected chi connectivity index (χ3v) is 5.20. The minimum Gasteiger partial charge on any atom is -0.385 e. The van der Waals surface area contributed by atoms with E-state index in [2.05, 4.69) is 9.62 Å². The zero-order chi connectivity index (χ0) is 16.8. The van der Waals surface area contributed by atoms with Crippen LogP contribution in [0.2, 0.25) is 0 Å². The van der Waals surface area contributed by atoms with E-state index in [1.165, 1.54) is 11.9 Å². The minimum atomic E-state index is -0.399. The van der Waals surface area contributed by atoms with Crippen molar-refractivity contribution in [3.63, 3.8) is 0 Å². The van der Waals surface area contributed by atoms with E-state index in [0.717, 1.165) is 56.1 Å². The molecule has 5 nitrogen and oxygen atoms in total. The number of nitrogens with zero attached hydrogens (tertiary/aromatic N) is 1. The molecule has 2 saturated heterocycles. The molecule has 0 radical (unpaired) electrons. The number of halogens is 1. The molecule has 1 aromatic rings. The maximum atomic E-state index is 14.0. The van der Waals surface area contributed by atoms with E-state index in [1.807, 2.05) is 6.07 Å². The van der Waals surface area contributed by atoms with Crippen molar-refractivity contribution in [1.82, 2.24) is 4.72 Å². The molecular weight excluding hydrogens is 331 g/mol. The molecule has 2 aliphatic rings. The SMILES string of the molecule is COCCCNSc1cc(F)cc(N2CCC3(CC2)OCCO3)c1. The van der Waals surface area contributed by atoms with Gasteiger partial charge in [0, 0.05) is 56.8 Å². The Morgan fingerprint density at radius 2 is 2.00 bits per heavy atom. The smallest absolute Gasteiger partial charge is 0.171 e.